The fourth-order valence-electron chi connectivity index (χ4n) is 1.23. The normalized spacial score (nSPS) is 10.1. The largest absolute Gasteiger partial charge is 0.508 e. The number of phenols is 1. The van der Waals surface area contributed by atoms with Gasteiger partial charge in [0.2, 0.25) is 0 Å². The smallest absolute Gasteiger partial charge is 0.341 e. The summed E-state index contributed by atoms with van der Waals surface area (Å²) in [5, 5.41) is 21.3. The maximum atomic E-state index is 10.8. The second-order valence-corrected chi connectivity index (χ2v) is 3.25. The number of nitrogens with zero attached hydrogens (tertiary/aromatic N) is 1. The van der Waals surface area contributed by atoms with Crippen molar-refractivity contribution < 1.29 is 24.3 Å². The van der Waals surface area contributed by atoms with E-state index in [1.165, 1.54) is 12.1 Å². The van der Waals surface area contributed by atoms with Crippen molar-refractivity contribution in [3.63, 3.8) is 0 Å². The number of benzene rings is 1. The standard InChI is InChI=1S/C11H9NO5/c13-7-1-3-8(4-2-7)16-6-10-9(11(14)15)5-12-17-10/h1-5,13H,6H2,(H,14,15). The number of carbonyl (C=O) groups is 1. The van der Waals surface area contributed by atoms with Gasteiger partial charge < -0.3 is 19.5 Å². The lowest BCUT2D eigenvalue weighted by Crippen LogP contribution is -2.02. The Bertz CT molecular complexity index is 517. The van der Waals surface area contributed by atoms with Crippen LogP contribution in [0.25, 0.3) is 0 Å². The molecule has 0 aliphatic rings. The maximum Gasteiger partial charge on any atom is 0.341 e. The SMILES string of the molecule is O=C(O)c1cnoc1COc1ccc(O)cc1. The molecule has 88 valence electrons. The van der Waals surface area contributed by atoms with Crippen molar-refractivity contribution >= 4 is 5.97 Å². The summed E-state index contributed by atoms with van der Waals surface area (Å²) in [4.78, 5) is 10.8. The molecule has 0 aliphatic heterocycles. The summed E-state index contributed by atoms with van der Waals surface area (Å²) >= 11 is 0. The van der Waals surface area contributed by atoms with Crippen molar-refractivity contribution in [2.24, 2.45) is 0 Å². The van der Waals surface area contributed by atoms with E-state index in [4.69, 9.17) is 19.5 Å². The number of aromatic carboxylic acids is 1. The van der Waals surface area contributed by atoms with Crippen molar-refractivity contribution in [1.82, 2.24) is 5.16 Å². The Labute approximate surface area is 96.0 Å². The van der Waals surface area contributed by atoms with Crippen LogP contribution >= 0.6 is 0 Å². The van der Waals surface area contributed by atoms with Crippen LogP contribution in [0, 0.1) is 0 Å². The van der Waals surface area contributed by atoms with Gasteiger partial charge in [-0.25, -0.2) is 4.79 Å². The number of carboxylic acid groups (broad SMARTS) is 1. The molecule has 0 amide bonds. The van der Waals surface area contributed by atoms with Crippen molar-refractivity contribution in [3.8, 4) is 11.5 Å². The molecule has 0 aliphatic carbocycles. The van der Waals surface area contributed by atoms with Gasteiger partial charge in [0.1, 0.15) is 23.7 Å². The Morgan fingerprint density at radius 2 is 2.06 bits per heavy atom. The highest BCUT2D eigenvalue weighted by Gasteiger charge is 2.15. The van der Waals surface area contributed by atoms with E-state index in [0.717, 1.165) is 6.20 Å². The van der Waals surface area contributed by atoms with E-state index in [9.17, 15) is 4.79 Å². The van der Waals surface area contributed by atoms with E-state index in [2.05, 4.69) is 5.16 Å². The van der Waals surface area contributed by atoms with E-state index < -0.39 is 5.97 Å². The second kappa shape index (κ2) is 4.56. The van der Waals surface area contributed by atoms with Crippen LogP contribution in [-0.4, -0.2) is 21.3 Å². The Balaban J connectivity index is 2.05. The van der Waals surface area contributed by atoms with E-state index in [1.807, 2.05) is 0 Å². The van der Waals surface area contributed by atoms with Gasteiger partial charge in [-0.05, 0) is 24.3 Å². The van der Waals surface area contributed by atoms with E-state index in [-0.39, 0.29) is 23.7 Å². The molecule has 0 unspecified atom stereocenters. The van der Waals surface area contributed by atoms with Crippen molar-refractivity contribution in [2.45, 2.75) is 6.61 Å². The molecule has 1 aromatic heterocycles. The highest BCUT2D eigenvalue weighted by molar-refractivity contribution is 5.88. The van der Waals surface area contributed by atoms with Gasteiger partial charge in [0, 0.05) is 0 Å². The molecule has 1 aromatic carbocycles. The average Bonchev–Trinajstić information content (AvgIpc) is 2.76. The number of aromatic hydroxyl groups is 1. The molecule has 2 aromatic rings. The lowest BCUT2D eigenvalue weighted by atomic mass is 10.3. The van der Waals surface area contributed by atoms with Gasteiger partial charge in [-0.2, -0.15) is 0 Å². The third-order valence-corrected chi connectivity index (χ3v) is 2.08. The molecule has 0 radical (unpaired) electrons. The molecule has 0 spiro atoms. The second-order valence-electron chi connectivity index (χ2n) is 3.25. The quantitative estimate of drug-likeness (QED) is 0.837. The van der Waals surface area contributed by atoms with E-state index >= 15 is 0 Å². The van der Waals surface area contributed by atoms with E-state index in [1.54, 1.807) is 12.1 Å². The molecule has 6 nitrogen and oxygen atoms in total. The maximum absolute atomic E-state index is 10.8. The summed E-state index contributed by atoms with van der Waals surface area (Å²) in [6.45, 7) is -0.0353. The van der Waals surface area contributed by atoms with Crippen LogP contribution in [0.5, 0.6) is 11.5 Å². The molecule has 6 heteroatoms. The van der Waals surface area contributed by atoms with E-state index in [0.29, 0.717) is 5.75 Å². The first-order valence-electron chi connectivity index (χ1n) is 4.75. The zero-order chi connectivity index (χ0) is 12.3. The van der Waals surface area contributed by atoms with Crippen LogP contribution in [0.4, 0.5) is 0 Å². The van der Waals surface area contributed by atoms with Crippen molar-refractivity contribution in [2.75, 3.05) is 0 Å². The predicted molar refractivity (Wildman–Crippen MR) is 55.9 cm³/mol. The average molecular weight is 235 g/mol. The van der Waals surface area contributed by atoms with Crippen LogP contribution in [0.3, 0.4) is 0 Å². The Kier molecular flexibility index (Phi) is 2.95. The topological polar surface area (TPSA) is 92.8 Å². The zero-order valence-electron chi connectivity index (χ0n) is 8.66. The highest BCUT2D eigenvalue weighted by atomic mass is 16.5. The van der Waals surface area contributed by atoms with Gasteiger partial charge in [0.05, 0.1) is 6.20 Å². The van der Waals surface area contributed by atoms with Gasteiger partial charge in [0.15, 0.2) is 5.76 Å². The third kappa shape index (κ3) is 2.54. The minimum atomic E-state index is -1.12. The summed E-state index contributed by atoms with van der Waals surface area (Å²) in [6.07, 6.45) is 1.12. The monoisotopic (exact) mass is 235 g/mol. The molecule has 0 fully saturated rings. The lowest BCUT2D eigenvalue weighted by Gasteiger charge is -2.03. The predicted octanol–water partition coefficient (Wildman–Crippen LogP) is 1.66. The number of hydrogen-bond donors (Lipinski definition) is 2. The minimum Gasteiger partial charge on any atom is -0.508 e. The van der Waals surface area contributed by atoms with Gasteiger partial charge in [-0.15, -0.1) is 0 Å². The molecular weight excluding hydrogens is 226 g/mol. The van der Waals surface area contributed by atoms with Crippen molar-refractivity contribution in [3.05, 3.63) is 41.8 Å². The van der Waals surface area contributed by atoms with Gasteiger partial charge in [0.25, 0.3) is 0 Å². The first kappa shape index (κ1) is 11.0. The van der Waals surface area contributed by atoms with Crippen LogP contribution in [0.15, 0.2) is 35.0 Å². The Hall–Kier alpha value is -2.50. The van der Waals surface area contributed by atoms with Gasteiger partial charge >= 0.3 is 5.97 Å². The lowest BCUT2D eigenvalue weighted by molar-refractivity contribution is 0.0691. The number of carboxylic acids is 1. The summed E-state index contributed by atoms with van der Waals surface area (Å²) in [5.41, 5.74) is -0.0243. The molecule has 0 saturated carbocycles. The van der Waals surface area contributed by atoms with Gasteiger partial charge in [-0.1, -0.05) is 5.16 Å². The third-order valence-electron chi connectivity index (χ3n) is 2.08. The number of ether oxygens (including phenoxy) is 1. The number of hydrogen-bond acceptors (Lipinski definition) is 5. The Morgan fingerprint density at radius 1 is 1.35 bits per heavy atom. The molecule has 17 heavy (non-hydrogen) atoms. The molecule has 2 N–H and O–H groups in total. The zero-order valence-corrected chi connectivity index (χ0v) is 8.66. The van der Waals surface area contributed by atoms with Crippen LogP contribution in [-0.2, 0) is 6.61 Å². The van der Waals surface area contributed by atoms with Crippen LogP contribution < -0.4 is 4.74 Å². The van der Waals surface area contributed by atoms with Gasteiger partial charge in [-0.3, -0.25) is 0 Å². The molecule has 0 saturated heterocycles. The van der Waals surface area contributed by atoms with Crippen LogP contribution in [0.2, 0.25) is 0 Å². The Morgan fingerprint density at radius 3 is 2.71 bits per heavy atom. The summed E-state index contributed by atoms with van der Waals surface area (Å²) in [7, 11) is 0. The molecule has 2 rings (SSSR count). The molecule has 1 heterocycles. The molecule has 0 bridgehead atoms. The number of aromatic nitrogens is 1. The summed E-state index contributed by atoms with van der Waals surface area (Å²) < 4.78 is 10.1. The molecular formula is C11H9NO5. The van der Waals surface area contributed by atoms with Crippen LogP contribution in [0.1, 0.15) is 16.1 Å². The minimum absolute atomic E-state index is 0.0243. The first-order valence-corrected chi connectivity index (χ1v) is 4.75. The molecule has 0 atom stereocenters. The fourth-order valence-corrected chi connectivity index (χ4v) is 1.23. The highest BCUT2D eigenvalue weighted by Crippen LogP contribution is 2.18. The summed E-state index contributed by atoms with van der Waals surface area (Å²) in [5.74, 6) is -0.347. The first-order chi connectivity index (χ1) is 8.16. The summed E-state index contributed by atoms with van der Waals surface area (Å²) in [6, 6.07) is 6.06. The fraction of sp³-hybridized carbons (Fsp3) is 0.0909. The number of phenolic OH excluding ortho intramolecular Hbond substituents is 1. The van der Waals surface area contributed by atoms with Crippen molar-refractivity contribution in [1.29, 1.82) is 0 Å². The number of rotatable bonds is 4.